The second-order valence-corrected chi connectivity index (χ2v) is 12.5. The predicted molar refractivity (Wildman–Crippen MR) is 149 cm³/mol. The van der Waals surface area contributed by atoms with Crippen molar-refractivity contribution in [3.8, 4) is 5.75 Å². The zero-order valence-electron chi connectivity index (χ0n) is 21.6. The molecule has 0 saturated heterocycles. The lowest BCUT2D eigenvalue weighted by molar-refractivity contribution is -0.143. The van der Waals surface area contributed by atoms with Crippen LogP contribution in [0.25, 0.3) is 0 Å². The van der Waals surface area contributed by atoms with Gasteiger partial charge in [-0.15, -0.1) is 11.3 Å². The van der Waals surface area contributed by atoms with E-state index in [0.29, 0.717) is 35.6 Å². The second-order valence-electron chi connectivity index (χ2n) is 11.0. The summed E-state index contributed by atoms with van der Waals surface area (Å²) in [4.78, 5) is 35.9. The van der Waals surface area contributed by atoms with Crippen molar-refractivity contribution < 1.29 is 24.9 Å². The highest BCUT2D eigenvalue weighted by Gasteiger charge is 2.59. The highest BCUT2D eigenvalue weighted by molar-refractivity contribution is 7.15. The van der Waals surface area contributed by atoms with Crippen LogP contribution < -0.4 is 10.6 Å². The Morgan fingerprint density at radius 1 is 1.21 bits per heavy atom. The molecule has 5 unspecified atom stereocenters. The molecule has 2 heterocycles. The number of aromatic nitrogens is 2. The molecule has 206 valence electrons. The predicted octanol–water partition coefficient (Wildman–Crippen LogP) is 4.59. The molecular formula is C28H31ClN4O5S. The molecule has 1 fully saturated rings. The quantitative estimate of drug-likeness (QED) is 0.272. The van der Waals surface area contributed by atoms with E-state index in [0.717, 1.165) is 10.6 Å². The fourth-order valence-electron chi connectivity index (χ4n) is 6.39. The monoisotopic (exact) mass is 570 g/mol. The Labute approximate surface area is 235 Å². The molecule has 2 aromatic heterocycles. The summed E-state index contributed by atoms with van der Waals surface area (Å²) in [5, 5.41) is 37.5. The molecule has 2 aliphatic carbocycles. The van der Waals surface area contributed by atoms with E-state index in [2.05, 4.69) is 22.5 Å². The number of thiazole rings is 1. The van der Waals surface area contributed by atoms with Crippen LogP contribution in [0.3, 0.4) is 0 Å². The lowest BCUT2D eigenvalue weighted by Crippen LogP contribution is -2.57. The van der Waals surface area contributed by atoms with Gasteiger partial charge in [0.25, 0.3) is 5.91 Å². The number of carbonyl (C=O) groups excluding carboxylic acids is 2. The number of fused-ring (bicyclic) bond motifs is 2. The van der Waals surface area contributed by atoms with Gasteiger partial charge in [-0.25, -0.2) is 9.97 Å². The van der Waals surface area contributed by atoms with E-state index < -0.39 is 16.9 Å². The first-order valence-electron chi connectivity index (χ1n) is 12.8. The van der Waals surface area contributed by atoms with E-state index >= 15 is 0 Å². The van der Waals surface area contributed by atoms with Crippen LogP contribution in [-0.4, -0.2) is 49.8 Å². The van der Waals surface area contributed by atoms with Crippen molar-refractivity contribution in [2.24, 2.45) is 16.7 Å². The molecule has 0 aliphatic heterocycles. The fourth-order valence-corrected chi connectivity index (χ4v) is 7.63. The number of carbonyl (C=O) groups is 2. The maximum atomic E-state index is 13.3. The second kappa shape index (κ2) is 10.5. The Kier molecular flexibility index (Phi) is 7.41. The van der Waals surface area contributed by atoms with E-state index in [9.17, 15) is 24.9 Å². The number of anilines is 2. The highest BCUT2D eigenvalue weighted by Crippen LogP contribution is 2.62. The van der Waals surface area contributed by atoms with E-state index in [1.807, 2.05) is 6.92 Å². The number of rotatable bonds is 6. The van der Waals surface area contributed by atoms with Gasteiger partial charge in [-0.05, 0) is 54.9 Å². The van der Waals surface area contributed by atoms with E-state index in [-0.39, 0.29) is 47.6 Å². The van der Waals surface area contributed by atoms with Crippen LogP contribution in [0.5, 0.6) is 5.75 Å². The minimum absolute atomic E-state index is 0.0510. The number of amides is 2. The molecule has 1 aromatic carbocycles. The molecule has 11 heteroatoms. The van der Waals surface area contributed by atoms with Crippen LogP contribution in [0.1, 0.15) is 60.0 Å². The van der Waals surface area contributed by atoms with Gasteiger partial charge in [0.05, 0.1) is 18.4 Å². The lowest BCUT2D eigenvalue weighted by atomic mass is 9.47. The van der Waals surface area contributed by atoms with Gasteiger partial charge in [0, 0.05) is 46.1 Å². The largest absolute Gasteiger partial charge is 0.508 e. The molecule has 2 aliphatic rings. The molecular weight excluding hydrogens is 540 g/mol. The summed E-state index contributed by atoms with van der Waals surface area (Å²) in [6, 6.07) is 9.41. The first-order valence-corrected chi connectivity index (χ1v) is 14.0. The van der Waals surface area contributed by atoms with Crippen molar-refractivity contribution in [3.63, 3.8) is 0 Å². The van der Waals surface area contributed by atoms with E-state index in [1.165, 1.54) is 35.7 Å². The standard InChI is InChI=1S/C28H31ClN4O5S/c1-27-8-6-21(36)28(2,14-34)20(27)13-19-24(18(27)12-23(37)31-16-4-3-5-17(35)11-16)32-26(39-19)33-25(38)15-7-9-30-22(29)10-15/h3-5,7,9-11,18,20-21,34-36H,6,8,12-14H2,1-2H3,(H,31,37)(H,32,33,38). The number of pyridine rings is 1. The topological polar surface area (TPSA) is 145 Å². The average Bonchev–Trinajstić information content (AvgIpc) is 3.29. The number of nitrogens with zero attached hydrogens (tertiary/aromatic N) is 2. The Morgan fingerprint density at radius 2 is 2.00 bits per heavy atom. The number of nitrogens with one attached hydrogen (secondary N) is 2. The van der Waals surface area contributed by atoms with Gasteiger partial charge < -0.3 is 20.6 Å². The number of aromatic hydroxyl groups is 1. The van der Waals surface area contributed by atoms with Crippen molar-refractivity contribution in [2.75, 3.05) is 17.2 Å². The summed E-state index contributed by atoms with van der Waals surface area (Å²) in [5.74, 6) is -0.995. The minimum atomic E-state index is -0.758. The Hall–Kier alpha value is -3.05. The SMILES string of the molecule is CC1(CO)C(O)CCC2(C)C(CC(=O)Nc3cccc(O)c3)c3nc(NC(=O)c4ccnc(Cl)c4)sc3CC12. The van der Waals surface area contributed by atoms with Gasteiger partial charge >= 0.3 is 0 Å². The lowest BCUT2D eigenvalue weighted by Gasteiger charge is -2.58. The minimum Gasteiger partial charge on any atom is -0.508 e. The molecule has 5 atom stereocenters. The number of phenolic OH excluding ortho intramolecular Hbond substituents is 1. The molecule has 0 spiro atoms. The summed E-state index contributed by atoms with van der Waals surface area (Å²) in [7, 11) is 0. The first kappa shape index (κ1) is 27.5. The molecule has 5 rings (SSSR count). The molecule has 0 radical (unpaired) electrons. The summed E-state index contributed by atoms with van der Waals surface area (Å²) < 4.78 is 0. The summed E-state index contributed by atoms with van der Waals surface area (Å²) >= 11 is 7.30. The van der Waals surface area contributed by atoms with Crippen LogP contribution in [0.15, 0.2) is 42.6 Å². The van der Waals surface area contributed by atoms with Gasteiger partial charge in [-0.1, -0.05) is 31.5 Å². The maximum Gasteiger partial charge on any atom is 0.257 e. The zero-order valence-corrected chi connectivity index (χ0v) is 23.2. The summed E-state index contributed by atoms with van der Waals surface area (Å²) in [5.41, 5.74) is 0.394. The first-order chi connectivity index (χ1) is 18.5. The van der Waals surface area contributed by atoms with Crippen LogP contribution in [-0.2, 0) is 11.2 Å². The van der Waals surface area contributed by atoms with Gasteiger partial charge in [0.2, 0.25) is 5.91 Å². The van der Waals surface area contributed by atoms with Crippen LogP contribution >= 0.6 is 22.9 Å². The number of hydrogen-bond acceptors (Lipinski definition) is 8. The Balaban J connectivity index is 1.49. The zero-order chi connectivity index (χ0) is 27.9. The third-order valence-electron chi connectivity index (χ3n) is 8.62. The molecule has 9 nitrogen and oxygen atoms in total. The highest BCUT2D eigenvalue weighted by atomic mass is 35.5. The van der Waals surface area contributed by atoms with Crippen LogP contribution in [0.4, 0.5) is 10.8 Å². The van der Waals surface area contributed by atoms with Gasteiger partial charge in [-0.3, -0.25) is 14.9 Å². The van der Waals surface area contributed by atoms with Crippen molar-refractivity contribution in [1.29, 1.82) is 0 Å². The van der Waals surface area contributed by atoms with Gasteiger partial charge in [0.15, 0.2) is 5.13 Å². The number of phenols is 1. The van der Waals surface area contributed by atoms with Crippen LogP contribution in [0.2, 0.25) is 5.15 Å². The van der Waals surface area contributed by atoms with Gasteiger partial charge in [0.1, 0.15) is 10.9 Å². The van der Waals surface area contributed by atoms with Crippen molar-refractivity contribution >= 4 is 45.6 Å². The fraction of sp³-hybridized carbons (Fsp3) is 0.429. The molecule has 2 amide bonds. The number of benzene rings is 1. The third-order valence-corrected chi connectivity index (χ3v) is 9.84. The molecule has 5 N–H and O–H groups in total. The van der Waals surface area contributed by atoms with Crippen LogP contribution in [0, 0.1) is 16.7 Å². The van der Waals surface area contributed by atoms with Crippen molar-refractivity contribution in [3.05, 3.63) is 63.9 Å². The Bertz CT molecular complexity index is 1420. The number of aliphatic hydroxyl groups is 2. The smallest absolute Gasteiger partial charge is 0.257 e. The third kappa shape index (κ3) is 5.14. The number of aliphatic hydroxyl groups excluding tert-OH is 2. The van der Waals surface area contributed by atoms with Crippen molar-refractivity contribution in [1.82, 2.24) is 9.97 Å². The van der Waals surface area contributed by atoms with Crippen molar-refractivity contribution in [2.45, 2.75) is 51.6 Å². The number of hydrogen-bond donors (Lipinski definition) is 5. The normalized spacial score (nSPS) is 27.8. The molecule has 3 aromatic rings. The average molecular weight is 571 g/mol. The maximum absolute atomic E-state index is 13.3. The van der Waals surface area contributed by atoms with E-state index in [1.54, 1.807) is 18.2 Å². The van der Waals surface area contributed by atoms with E-state index in [4.69, 9.17) is 16.6 Å². The van der Waals surface area contributed by atoms with Gasteiger partial charge in [-0.2, -0.15) is 0 Å². The molecule has 0 bridgehead atoms. The molecule has 1 saturated carbocycles. The summed E-state index contributed by atoms with van der Waals surface area (Å²) in [6.45, 7) is 3.84. The number of halogens is 1. The Morgan fingerprint density at radius 3 is 2.72 bits per heavy atom. The summed E-state index contributed by atoms with van der Waals surface area (Å²) in [6.07, 6.45) is 2.63. The molecule has 39 heavy (non-hydrogen) atoms.